The van der Waals surface area contributed by atoms with E-state index in [2.05, 4.69) is 4.98 Å². The molecule has 0 aromatic carbocycles. The van der Waals surface area contributed by atoms with E-state index in [1.54, 1.807) is 20.8 Å². The summed E-state index contributed by atoms with van der Waals surface area (Å²) in [5.41, 5.74) is -0.545. The zero-order valence-corrected chi connectivity index (χ0v) is 17.6. The van der Waals surface area contributed by atoms with Crippen LogP contribution in [0, 0.1) is 12.8 Å². The van der Waals surface area contributed by atoms with Crippen molar-refractivity contribution in [3.05, 3.63) is 28.4 Å². The molecule has 0 radical (unpaired) electrons. The highest BCUT2D eigenvalue weighted by Gasteiger charge is 2.65. The summed E-state index contributed by atoms with van der Waals surface area (Å²) in [6.07, 6.45) is -3.93. The predicted molar refractivity (Wildman–Crippen MR) is 96.9 cm³/mol. The fourth-order valence-corrected chi connectivity index (χ4v) is 4.46. The van der Waals surface area contributed by atoms with Gasteiger partial charge in [0.05, 0.1) is 25.7 Å². The minimum Gasteiger partial charge on any atom is -0.466 e. The van der Waals surface area contributed by atoms with Gasteiger partial charge >= 0.3 is 25.4 Å². The van der Waals surface area contributed by atoms with Crippen molar-refractivity contribution in [2.75, 3.05) is 19.8 Å². The van der Waals surface area contributed by atoms with Crippen LogP contribution in [0.1, 0.15) is 32.2 Å². The molecule has 3 heterocycles. The number of phosphoric acid groups is 1. The number of esters is 1. The molecule has 0 N–H and O–H groups in total. The number of hydrogen-bond donors (Lipinski definition) is 0. The van der Waals surface area contributed by atoms with Gasteiger partial charge in [0.2, 0.25) is 6.23 Å². The molecule has 2 aliphatic rings. The number of fused-ring (bicyclic) bond motifs is 1. The van der Waals surface area contributed by atoms with Crippen LogP contribution in [0.15, 0.2) is 17.1 Å². The van der Waals surface area contributed by atoms with Crippen molar-refractivity contribution in [2.45, 2.75) is 51.6 Å². The lowest BCUT2D eigenvalue weighted by Crippen LogP contribution is -2.45. The number of carbonyl (C=O) groups is 1. The molecule has 1 unspecified atom stereocenters. The standard InChI is InChI=1S/C17H23F2N2O8P/c1-4-25-14(22)10(2)6-8-26-30(24)27-9-12-13(29-30)17(18,19)15(28-12)21-7-5-11(3)20-16(21)23/h5,7,10,12-13,15H,4,6,8-9H2,1-3H3/t10-,12+,13+,15+,30?/m0/s1. The van der Waals surface area contributed by atoms with Crippen molar-refractivity contribution < 1.29 is 41.2 Å². The summed E-state index contributed by atoms with van der Waals surface area (Å²) < 4.78 is 68.5. The highest BCUT2D eigenvalue weighted by molar-refractivity contribution is 7.48. The van der Waals surface area contributed by atoms with Gasteiger partial charge in [0, 0.05) is 11.9 Å². The van der Waals surface area contributed by atoms with Crippen molar-refractivity contribution in [3.63, 3.8) is 0 Å². The van der Waals surface area contributed by atoms with E-state index in [0.29, 0.717) is 10.3 Å². The van der Waals surface area contributed by atoms with Gasteiger partial charge < -0.3 is 9.47 Å². The van der Waals surface area contributed by atoms with E-state index in [1.807, 2.05) is 0 Å². The lowest BCUT2D eigenvalue weighted by atomic mass is 10.1. The minimum absolute atomic E-state index is 0.129. The molecule has 0 aliphatic carbocycles. The number of phosphoric ester groups is 1. The Balaban J connectivity index is 1.66. The van der Waals surface area contributed by atoms with Gasteiger partial charge in [-0.1, -0.05) is 6.92 Å². The third kappa shape index (κ3) is 4.62. The number of aromatic nitrogens is 2. The van der Waals surface area contributed by atoms with E-state index in [4.69, 9.17) is 23.0 Å². The normalized spacial score (nSPS) is 31.2. The van der Waals surface area contributed by atoms with Crippen LogP contribution in [-0.4, -0.2) is 53.5 Å². The lowest BCUT2D eigenvalue weighted by molar-refractivity contribution is -0.148. The number of carbonyl (C=O) groups excluding carboxylic acids is 1. The Morgan fingerprint density at radius 3 is 2.90 bits per heavy atom. The van der Waals surface area contributed by atoms with Crippen LogP contribution in [-0.2, 0) is 32.4 Å². The van der Waals surface area contributed by atoms with Gasteiger partial charge in [-0.05, 0) is 26.3 Å². The first-order valence-corrected chi connectivity index (χ1v) is 10.9. The number of alkyl halides is 2. The first-order valence-electron chi connectivity index (χ1n) is 9.40. The van der Waals surface area contributed by atoms with Crippen LogP contribution in [0.4, 0.5) is 8.78 Å². The topological polar surface area (TPSA) is 115 Å². The molecular weight excluding hydrogens is 429 g/mol. The van der Waals surface area contributed by atoms with Crippen molar-refractivity contribution in [1.82, 2.24) is 9.55 Å². The van der Waals surface area contributed by atoms with E-state index in [0.717, 1.165) is 6.20 Å². The monoisotopic (exact) mass is 452 g/mol. The molecule has 0 amide bonds. The highest BCUT2D eigenvalue weighted by Crippen LogP contribution is 2.59. The number of hydrogen-bond acceptors (Lipinski definition) is 9. The molecule has 168 valence electrons. The van der Waals surface area contributed by atoms with Crippen LogP contribution < -0.4 is 5.69 Å². The Labute approximate surface area is 171 Å². The van der Waals surface area contributed by atoms with Crippen molar-refractivity contribution >= 4 is 13.8 Å². The van der Waals surface area contributed by atoms with Crippen molar-refractivity contribution in [3.8, 4) is 0 Å². The molecule has 2 aliphatic heterocycles. The van der Waals surface area contributed by atoms with Crippen LogP contribution in [0.5, 0.6) is 0 Å². The zero-order chi connectivity index (χ0) is 22.1. The second-order valence-electron chi connectivity index (χ2n) is 7.00. The summed E-state index contributed by atoms with van der Waals surface area (Å²) in [5, 5.41) is 0. The number of aryl methyl sites for hydroxylation is 1. The fourth-order valence-electron chi connectivity index (χ4n) is 3.05. The molecule has 0 spiro atoms. The molecule has 10 nitrogen and oxygen atoms in total. The molecule has 1 aromatic heterocycles. The van der Waals surface area contributed by atoms with E-state index in [9.17, 15) is 22.9 Å². The number of halogens is 2. The third-order valence-electron chi connectivity index (χ3n) is 4.70. The molecule has 2 saturated heterocycles. The first kappa shape index (κ1) is 23.0. The van der Waals surface area contributed by atoms with Crippen LogP contribution in [0.25, 0.3) is 0 Å². The second-order valence-corrected chi connectivity index (χ2v) is 8.63. The number of rotatable bonds is 7. The van der Waals surface area contributed by atoms with E-state index in [-0.39, 0.29) is 19.6 Å². The predicted octanol–water partition coefficient (Wildman–Crippen LogP) is 2.21. The maximum Gasteiger partial charge on any atom is 0.475 e. The zero-order valence-electron chi connectivity index (χ0n) is 16.7. The summed E-state index contributed by atoms with van der Waals surface area (Å²) in [5.74, 6) is -4.71. The summed E-state index contributed by atoms with van der Waals surface area (Å²) in [7, 11) is -4.32. The van der Waals surface area contributed by atoms with E-state index in [1.165, 1.54) is 6.07 Å². The van der Waals surface area contributed by atoms with Crippen molar-refractivity contribution in [1.29, 1.82) is 0 Å². The molecule has 30 heavy (non-hydrogen) atoms. The Morgan fingerprint density at radius 2 is 2.23 bits per heavy atom. The SMILES string of the molecule is CCOC(=O)[C@@H](C)CCOP1(=O)OC[C@H]2O[C@@H](n3ccc(C)nc3=O)C(F)(F)[C@@H]2O1. The molecular formula is C17H23F2N2O8P. The van der Waals surface area contributed by atoms with Gasteiger partial charge in [0.1, 0.15) is 6.10 Å². The first-order chi connectivity index (χ1) is 14.1. The van der Waals surface area contributed by atoms with Gasteiger partial charge in [-0.15, -0.1) is 0 Å². The Kier molecular flexibility index (Phi) is 6.73. The molecule has 0 saturated carbocycles. The summed E-state index contributed by atoms with van der Waals surface area (Å²) in [6, 6.07) is 1.39. The number of nitrogens with zero attached hydrogens (tertiary/aromatic N) is 2. The Bertz CT molecular complexity index is 895. The molecule has 1 aromatic rings. The van der Waals surface area contributed by atoms with Crippen LogP contribution in [0.2, 0.25) is 0 Å². The van der Waals surface area contributed by atoms with E-state index >= 15 is 0 Å². The molecule has 3 rings (SSSR count). The maximum absolute atomic E-state index is 15.0. The average Bonchev–Trinajstić information content (AvgIpc) is 2.92. The smallest absolute Gasteiger partial charge is 0.466 e. The maximum atomic E-state index is 15.0. The quantitative estimate of drug-likeness (QED) is 0.454. The fraction of sp³-hybridized carbons (Fsp3) is 0.706. The van der Waals surface area contributed by atoms with E-state index < -0.39 is 56.4 Å². The third-order valence-corrected chi connectivity index (χ3v) is 6.15. The van der Waals surface area contributed by atoms with Crippen LogP contribution >= 0.6 is 7.82 Å². The number of ether oxygens (including phenoxy) is 2. The van der Waals surface area contributed by atoms with Gasteiger partial charge in [0.15, 0.2) is 6.10 Å². The summed E-state index contributed by atoms with van der Waals surface area (Å²) in [6.45, 7) is 4.31. The van der Waals surface area contributed by atoms with Crippen molar-refractivity contribution in [2.24, 2.45) is 5.92 Å². The van der Waals surface area contributed by atoms with Gasteiger partial charge in [-0.3, -0.25) is 22.9 Å². The molecule has 2 fully saturated rings. The van der Waals surface area contributed by atoms with Gasteiger partial charge in [-0.2, -0.15) is 13.8 Å². The Hall–Kier alpha value is -1.72. The van der Waals surface area contributed by atoms with Gasteiger partial charge in [-0.25, -0.2) is 9.36 Å². The van der Waals surface area contributed by atoms with Gasteiger partial charge in [0.25, 0.3) is 0 Å². The molecule has 13 heteroatoms. The minimum atomic E-state index is -4.32. The summed E-state index contributed by atoms with van der Waals surface area (Å²) in [4.78, 5) is 27.2. The highest BCUT2D eigenvalue weighted by atomic mass is 31.2. The lowest BCUT2D eigenvalue weighted by Gasteiger charge is -2.31. The Morgan fingerprint density at radius 1 is 1.50 bits per heavy atom. The summed E-state index contributed by atoms with van der Waals surface area (Å²) >= 11 is 0. The average molecular weight is 452 g/mol. The largest absolute Gasteiger partial charge is 0.475 e. The van der Waals surface area contributed by atoms with Crippen LogP contribution in [0.3, 0.4) is 0 Å². The second kappa shape index (κ2) is 8.80. The molecule has 5 atom stereocenters. The molecule has 0 bridgehead atoms.